The maximum absolute atomic E-state index is 10.5. The highest BCUT2D eigenvalue weighted by atomic mass is 35.5. The Labute approximate surface area is 100.0 Å². The summed E-state index contributed by atoms with van der Waals surface area (Å²) in [6, 6.07) is 3.94. The summed E-state index contributed by atoms with van der Waals surface area (Å²) >= 11 is 5.57. The smallest absolute Gasteiger partial charge is 0.325 e. The molecule has 0 bridgehead atoms. The highest BCUT2D eigenvalue weighted by molar-refractivity contribution is 6.29. The monoisotopic (exact) mass is 242 g/mol. The third-order valence-corrected chi connectivity index (χ3v) is 2.73. The number of halogens is 1. The number of alkyl halides is 1. The van der Waals surface area contributed by atoms with E-state index in [1.807, 2.05) is 26.8 Å². The third kappa shape index (κ3) is 3.14. The molecule has 1 aromatic rings. The molecular formula is C12H15ClO3. The van der Waals surface area contributed by atoms with Gasteiger partial charge in [-0.2, -0.15) is 0 Å². The average molecular weight is 243 g/mol. The van der Waals surface area contributed by atoms with Gasteiger partial charge in [-0.05, 0) is 43.5 Å². The number of aliphatic carboxylic acids is 1. The van der Waals surface area contributed by atoms with Gasteiger partial charge in [0.25, 0.3) is 0 Å². The van der Waals surface area contributed by atoms with Crippen LogP contribution in [0.15, 0.2) is 12.1 Å². The number of carbonyl (C=O) groups is 1. The fraction of sp³-hybridized carbons (Fsp3) is 0.417. The number of hydrogen-bond donors (Lipinski definition) is 1. The highest BCUT2D eigenvalue weighted by Crippen LogP contribution is 2.23. The number of benzene rings is 1. The molecule has 0 aliphatic carbocycles. The van der Waals surface area contributed by atoms with Gasteiger partial charge in [0.15, 0.2) is 5.38 Å². The predicted octanol–water partition coefficient (Wildman–Crippen LogP) is 2.68. The first-order chi connectivity index (χ1) is 7.41. The van der Waals surface area contributed by atoms with E-state index in [-0.39, 0.29) is 6.61 Å². The van der Waals surface area contributed by atoms with Gasteiger partial charge in [0.1, 0.15) is 12.4 Å². The summed E-state index contributed by atoms with van der Waals surface area (Å²) < 4.78 is 5.41. The Bertz CT molecular complexity index is 401. The first-order valence-electron chi connectivity index (χ1n) is 4.99. The minimum absolute atomic E-state index is 0.0272. The maximum atomic E-state index is 10.5. The van der Waals surface area contributed by atoms with Gasteiger partial charge >= 0.3 is 5.97 Å². The van der Waals surface area contributed by atoms with Crippen molar-refractivity contribution in [1.29, 1.82) is 0 Å². The molecule has 0 radical (unpaired) electrons. The van der Waals surface area contributed by atoms with Crippen LogP contribution in [0.4, 0.5) is 0 Å². The highest BCUT2D eigenvalue weighted by Gasteiger charge is 2.15. The molecule has 4 heteroatoms. The van der Waals surface area contributed by atoms with Crippen molar-refractivity contribution in [2.75, 3.05) is 6.61 Å². The second kappa shape index (κ2) is 5.21. The third-order valence-electron chi connectivity index (χ3n) is 2.42. The van der Waals surface area contributed by atoms with E-state index in [9.17, 15) is 4.79 Å². The van der Waals surface area contributed by atoms with E-state index in [0.29, 0.717) is 5.75 Å². The Morgan fingerprint density at radius 3 is 2.62 bits per heavy atom. The standard InChI is InChI=1S/C12H15ClO3/c1-7-4-8(2)9(3)11(5-7)16-6-10(13)12(14)15/h4-5,10H,6H2,1-3H3,(H,14,15). The van der Waals surface area contributed by atoms with Gasteiger partial charge in [-0.15, -0.1) is 11.6 Å². The molecule has 1 atom stereocenters. The van der Waals surface area contributed by atoms with Crippen LogP contribution in [0.25, 0.3) is 0 Å². The minimum Gasteiger partial charge on any atom is -0.491 e. The lowest BCUT2D eigenvalue weighted by atomic mass is 10.1. The number of rotatable bonds is 4. The number of carboxylic acids is 1. The van der Waals surface area contributed by atoms with E-state index in [0.717, 1.165) is 16.7 Å². The summed E-state index contributed by atoms with van der Waals surface area (Å²) in [4.78, 5) is 10.5. The number of aryl methyl sites for hydroxylation is 2. The van der Waals surface area contributed by atoms with E-state index in [1.165, 1.54) is 0 Å². The molecule has 3 nitrogen and oxygen atoms in total. The topological polar surface area (TPSA) is 46.5 Å². The number of ether oxygens (including phenoxy) is 1. The summed E-state index contributed by atoms with van der Waals surface area (Å²) in [5.74, 6) is -0.368. The van der Waals surface area contributed by atoms with Crippen LogP contribution in [-0.4, -0.2) is 23.1 Å². The van der Waals surface area contributed by atoms with Crippen LogP contribution in [0.2, 0.25) is 0 Å². The first-order valence-corrected chi connectivity index (χ1v) is 5.43. The molecule has 0 aliphatic rings. The quantitative estimate of drug-likeness (QED) is 0.826. The molecular weight excluding hydrogens is 228 g/mol. The zero-order valence-corrected chi connectivity index (χ0v) is 10.3. The van der Waals surface area contributed by atoms with Crippen LogP contribution >= 0.6 is 11.6 Å². The predicted molar refractivity (Wildman–Crippen MR) is 63.4 cm³/mol. The Hall–Kier alpha value is -1.22. The van der Waals surface area contributed by atoms with Gasteiger partial charge in [-0.1, -0.05) is 6.07 Å². The van der Waals surface area contributed by atoms with Gasteiger partial charge in [0.2, 0.25) is 0 Å². The van der Waals surface area contributed by atoms with Crippen LogP contribution in [-0.2, 0) is 4.79 Å². The lowest BCUT2D eigenvalue weighted by Gasteiger charge is -2.13. The molecule has 0 spiro atoms. The van der Waals surface area contributed by atoms with Gasteiger partial charge < -0.3 is 9.84 Å². The van der Waals surface area contributed by atoms with E-state index >= 15 is 0 Å². The number of hydrogen-bond acceptors (Lipinski definition) is 2. The normalized spacial score (nSPS) is 12.2. The van der Waals surface area contributed by atoms with Gasteiger partial charge in [-0.25, -0.2) is 0 Å². The average Bonchev–Trinajstić information content (AvgIpc) is 2.20. The molecule has 1 aromatic carbocycles. The molecule has 88 valence electrons. The van der Waals surface area contributed by atoms with Gasteiger partial charge in [0.05, 0.1) is 0 Å². The van der Waals surface area contributed by atoms with E-state index in [4.69, 9.17) is 21.4 Å². The second-order valence-corrected chi connectivity index (χ2v) is 4.35. The molecule has 0 aliphatic heterocycles. The van der Waals surface area contributed by atoms with Crippen molar-refractivity contribution in [1.82, 2.24) is 0 Å². The fourth-order valence-corrected chi connectivity index (χ4v) is 1.45. The lowest BCUT2D eigenvalue weighted by Crippen LogP contribution is -2.21. The second-order valence-electron chi connectivity index (χ2n) is 3.82. The molecule has 0 saturated carbocycles. The van der Waals surface area contributed by atoms with Crippen molar-refractivity contribution in [3.8, 4) is 5.75 Å². The van der Waals surface area contributed by atoms with Crippen molar-refractivity contribution in [2.24, 2.45) is 0 Å². The minimum atomic E-state index is -1.07. The Balaban J connectivity index is 2.78. The molecule has 0 amide bonds. The van der Waals surface area contributed by atoms with Crippen LogP contribution in [0, 0.1) is 20.8 Å². The Morgan fingerprint density at radius 1 is 1.44 bits per heavy atom. The molecule has 0 heterocycles. The summed E-state index contributed by atoms with van der Waals surface area (Å²) in [5, 5.41) is 7.61. The van der Waals surface area contributed by atoms with E-state index in [1.54, 1.807) is 0 Å². The lowest BCUT2D eigenvalue weighted by molar-refractivity contribution is -0.137. The number of carboxylic acid groups (broad SMARTS) is 1. The van der Waals surface area contributed by atoms with Crippen LogP contribution in [0.1, 0.15) is 16.7 Å². The zero-order chi connectivity index (χ0) is 12.3. The van der Waals surface area contributed by atoms with E-state index in [2.05, 4.69) is 6.07 Å². The largest absolute Gasteiger partial charge is 0.491 e. The van der Waals surface area contributed by atoms with Crippen LogP contribution in [0.5, 0.6) is 5.75 Å². The van der Waals surface area contributed by atoms with Crippen LogP contribution < -0.4 is 4.74 Å². The summed E-state index contributed by atoms with van der Waals surface area (Å²) in [6.45, 7) is 5.87. The molecule has 0 saturated heterocycles. The molecule has 0 aromatic heterocycles. The fourth-order valence-electron chi connectivity index (χ4n) is 1.38. The SMILES string of the molecule is Cc1cc(C)c(C)c(OCC(Cl)C(=O)O)c1. The van der Waals surface area contributed by atoms with Crippen molar-refractivity contribution in [3.63, 3.8) is 0 Å². The molecule has 1 unspecified atom stereocenters. The van der Waals surface area contributed by atoms with Crippen LogP contribution in [0.3, 0.4) is 0 Å². The summed E-state index contributed by atoms with van der Waals surface area (Å²) in [5.41, 5.74) is 3.22. The summed E-state index contributed by atoms with van der Waals surface area (Å²) in [7, 11) is 0. The van der Waals surface area contributed by atoms with Crippen molar-refractivity contribution >= 4 is 17.6 Å². The molecule has 1 rings (SSSR count). The Kier molecular flexibility index (Phi) is 4.19. The van der Waals surface area contributed by atoms with Gasteiger partial charge in [0, 0.05) is 0 Å². The maximum Gasteiger partial charge on any atom is 0.325 e. The molecule has 16 heavy (non-hydrogen) atoms. The molecule has 0 fully saturated rings. The van der Waals surface area contributed by atoms with Crippen molar-refractivity contribution < 1.29 is 14.6 Å². The zero-order valence-electron chi connectivity index (χ0n) is 9.58. The van der Waals surface area contributed by atoms with Gasteiger partial charge in [-0.3, -0.25) is 4.79 Å². The van der Waals surface area contributed by atoms with E-state index < -0.39 is 11.3 Å². The summed E-state index contributed by atoms with van der Waals surface area (Å²) in [6.07, 6.45) is 0. The Morgan fingerprint density at radius 2 is 2.06 bits per heavy atom. The van der Waals surface area contributed by atoms with Crippen molar-refractivity contribution in [3.05, 3.63) is 28.8 Å². The molecule has 1 N–H and O–H groups in total. The van der Waals surface area contributed by atoms with Crippen molar-refractivity contribution in [2.45, 2.75) is 26.1 Å². The first kappa shape index (κ1) is 12.8.